The minimum absolute atomic E-state index is 0.387. The van der Waals surface area contributed by atoms with Crippen LogP contribution < -0.4 is 0 Å². The van der Waals surface area contributed by atoms with Gasteiger partial charge in [-0.15, -0.1) is 0 Å². The highest BCUT2D eigenvalue weighted by Gasteiger charge is 2.15. The summed E-state index contributed by atoms with van der Waals surface area (Å²) in [7, 11) is 0. The fourth-order valence-electron chi connectivity index (χ4n) is 1.65. The molecule has 78 valence electrons. The summed E-state index contributed by atoms with van der Waals surface area (Å²) in [5.74, 6) is 1.45. The van der Waals surface area contributed by atoms with Crippen LogP contribution in [0.5, 0.6) is 0 Å². The Bertz CT molecular complexity index is 377. The first kappa shape index (κ1) is 10.1. The second kappa shape index (κ2) is 4.39. The van der Waals surface area contributed by atoms with E-state index in [9.17, 15) is 0 Å². The Balaban J connectivity index is 2.26. The van der Waals surface area contributed by atoms with Crippen molar-refractivity contribution in [1.29, 1.82) is 0 Å². The van der Waals surface area contributed by atoms with E-state index in [1.165, 1.54) is 0 Å². The van der Waals surface area contributed by atoms with Gasteiger partial charge in [-0.3, -0.25) is 4.99 Å². The van der Waals surface area contributed by atoms with Gasteiger partial charge in [0.2, 0.25) is 0 Å². The average Bonchev–Trinajstić information content (AvgIpc) is 2.30. The van der Waals surface area contributed by atoms with Crippen LogP contribution in [-0.4, -0.2) is 18.1 Å². The fourth-order valence-corrected chi connectivity index (χ4v) is 1.65. The van der Waals surface area contributed by atoms with Crippen molar-refractivity contribution in [2.24, 2.45) is 15.9 Å². The summed E-state index contributed by atoms with van der Waals surface area (Å²) in [5, 5.41) is 0. The normalized spacial score (nSPS) is 20.5. The third-order valence-corrected chi connectivity index (χ3v) is 2.65. The Morgan fingerprint density at radius 1 is 1.20 bits per heavy atom. The van der Waals surface area contributed by atoms with E-state index in [4.69, 9.17) is 0 Å². The van der Waals surface area contributed by atoms with Crippen LogP contribution in [0.2, 0.25) is 0 Å². The lowest BCUT2D eigenvalue weighted by Crippen LogP contribution is -2.19. The van der Waals surface area contributed by atoms with Crippen molar-refractivity contribution in [1.82, 2.24) is 0 Å². The van der Waals surface area contributed by atoms with Crippen molar-refractivity contribution in [2.75, 3.05) is 0 Å². The molecule has 0 aromatic heterocycles. The predicted octanol–water partition coefficient (Wildman–Crippen LogP) is 2.93. The highest BCUT2D eigenvalue weighted by Crippen LogP contribution is 2.16. The van der Waals surface area contributed by atoms with Crippen molar-refractivity contribution < 1.29 is 0 Å². The molecule has 2 rings (SSSR count). The maximum absolute atomic E-state index is 4.67. The van der Waals surface area contributed by atoms with Crippen molar-refractivity contribution in [3.8, 4) is 0 Å². The van der Waals surface area contributed by atoms with Gasteiger partial charge >= 0.3 is 0 Å². The zero-order valence-corrected chi connectivity index (χ0v) is 9.22. The molecule has 2 heteroatoms. The predicted molar refractivity (Wildman–Crippen MR) is 64.7 cm³/mol. The third kappa shape index (κ3) is 2.32. The summed E-state index contributed by atoms with van der Waals surface area (Å²) in [4.78, 5) is 9.03. The SMILES string of the molecule is CC(C)C1CC=NC(c2ccccc2)=N1. The Hall–Kier alpha value is -1.44. The van der Waals surface area contributed by atoms with E-state index in [0.29, 0.717) is 12.0 Å². The van der Waals surface area contributed by atoms with E-state index in [-0.39, 0.29) is 0 Å². The first-order valence-corrected chi connectivity index (χ1v) is 5.43. The van der Waals surface area contributed by atoms with Crippen LogP contribution >= 0.6 is 0 Å². The van der Waals surface area contributed by atoms with Crippen molar-refractivity contribution in [3.63, 3.8) is 0 Å². The molecule has 0 aliphatic carbocycles. The maximum atomic E-state index is 4.67. The second-order valence-electron chi connectivity index (χ2n) is 4.18. The first-order valence-electron chi connectivity index (χ1n) is 5.43. The lowest BCUT2D eigenvalue weighted by molar-refractivity contribution is 0.508. The molecule has 1 aromatic carbocycles. The second-order valence-corrected chi connectivity index (χ2v) is 4.18. The molecule has 0 fully saturated rings. The quantitative estimate of drug-likeness (QED) is 0.701. The maximum Gasteiger partial charge on any atom is 0.154 e. The van der Waals surface area contributed by atoms with Gasteiger partial charge in [0, 0.05) is 18.2 Å². The van der Waals surface area contributed by atoms with Crippen LogP contribution in [0.3, 0.4) is 0 Å². The number of benzene rings is 1. The average molecular weight is 200 g/mol. The van der Waals surface area contributed by atoms with Gasteiger partial charge in [0.05, 0.1) is 6.04 Å². The van der Waals surface area contributed by atoms with Crippen LogP contribution in [0.4, 0.5) is 0 Å². The largest absolute Gasteiger partial charge is 0.262 e. The number of nitrogens with zero attached hydrogens (tertiary/aromatic N) is 2. The van der Waals surface area contributed by atoms with Crippen LogP contribution in [0.25, 0.3) is 0 Å². The molecular weight excluding hydrogens is 184 g/mol. The summed E-state index contributed by atoms with van der Waals surface area (Å²) >= 11 is 0. The molecule has 1 aromatic rings. The van der Waals surface area contributed by atoms with Gasteiger partial charge in [0.15, 0.2) is 5.84 Å². The molecule has 1 heterocycles. The standard InChI is InChI=1S/C13H16N2/c1-10(2)12-8-9-14-13(15-12)11-6-4-3-5-7-11/h3-7,9-10,12H,8H2,1-2H3. The number of hydrogen-bond donors (Lipinski definition) is 0. The fraction of sp³-hybridized carbons (Fsp3) is 0.385. The molecule has 2 nitrogen and oxygen atoms in total. The van der Waals surface area contributed by atoms with E-state index in [1.807, 2.05) is 24.4 Å². The summed E-state index contributed by atoms with van der Waals surface area (Å²) in [6.45, 7) is 4.41. The first-order chi connectivity index (χ1) is 7.27. The van der Waals surface area contributed by atoms with E-state index < -0.39 is 0 Å². The van der Waals surface area contributed by atoms with E-state index in [0.717, 1.165) is 17.8 Å². The van der Waals surface area contributed by atoms with Crippen molar-refractivity contribution in [2.45, 2.75) is 26.3 Å². The van der Waals surface area contributed by atoms with Crippen LogP contribution in [0.1, 0.15) is 25.8 Å². The minimum Gasteiger partial charge on any atom is -0.262 e. The Morgan fingerprint density at radius 2 is 1.93 bits per heavy atom. The van der Waals surface area contributed by atoms with Crippen LogP contribution in [0, 0.1) is 5.92 Å². The van der Waals surface area contributed by atoms with Crippen molar-refractivity contribution >= 4 is 12.1 Å². The zero-order chi connectivity index (χ0) is 10.7. The molecule has 0 saturated carbocycles. The van der Waals surface area contributed by atoms with Crippen LogP contribution in [-0.2, 0) is 0 Å². The summed E-state index contributed by atoms with van der Waals surface area (Å²) in [5.41, 5.74) is 1.11. The smallest absolute Gasteiger partial charge is 0.154 e. The molecule has 0 amide bonds. The van der Waals surface area contributed by atoms with Gasteiger partial charge in [-0.2, -0.15) is 0 Å². The molecule has 0 bridgehead atoms. The molecule has 0 N–H and O–H groups in total. The minimum atomic E-state index is 0.387. The number of hydrogen-bond acceptors (Lipinski definition) is 2. The zero-order valence-electron chi connectivity index (χ0n) is 9.22. The van der Waals surface area contributed by atoms with E-state index >= 15 is 0 Å². The van der Waals surface area contributed by atoms with Gasteiger partial charge in [0.1, 0.15) is 0 Å². The number of aliphatic imine (C=N–C) groups is 2. The highest BCUT2D eigenvalue weighted by molar-refractivity contribution is 6.04. The Kier molecular flexibility index (Phi) is 2.95. The summed E-state index contributed by atoms with van der Waals surface area (Å²) in [6.07, 6.45) is 2.95. The molecular formula is C13H16N2. The number of rotatable bonds is 2. The summed E-state index contributed by atoms with van der Waals surface area (Å²) < 4.78 is 0. The van der Waals surface area contributed by atoms with E-state index in [1.54, 1.807) is 0 Å². The lowest BCUT2D eigenvalue weighted by Gasteiger charge is -2.18. The Morgan fingerprint density at radius 3 is 2.60 bits per heavy atom. The number of amidine groups is 1. The highest BCUT2D eigenvalue weighted by atomic mass is 15.0. The lowest BCUT2D eigenvalue weighted by atomic mass is 10.0. The molecule has 1 atom stereocenters. The van der Waals surface area contributed by atoms with Gasteiger partial charge in [-0.25, -0.2) is 4.99 Å². The van der Waals surface area contributed by atoms with E-state index in [2.05, 4.69) is 36.0 Å². The molecule has 0 saturated heterocycles. The topological polar surface area (TPSA) is 24.7 Å². The molecule has 1 unspecified atom stereocenters. The van der Waals surface area contributed by atoms with Gasteiger partial charge < -0.3 is 0 Å². The van der Waals surface area contributed by atoms with Gasteiger partial charge in [-0.05, 0) is 5.92 Å². The third-order valence-electron chi connectivity index (χ3n) is 2.65. The monoisotopic (exact) mass is 200 g/mol. The molecule has 15 heavy (non-hydrogen) atoms. The summed E-state index contributed by atoms with van der Waals surface area (Å²) in [6, 6.07) is 10.5. The Labute approximate surface area is 90.8 Å². The van der Waals surface area contributed by atoms with Gasteiger partial charge in [0.25, 0.3) is 0 Å². The van der Waals surface area contributed by atoms with Crippen LogP contribution in [0.15, 0.2) is 40.3 Å². The molecule has 1 aliphatic heterocycles. The van der Waals surface area contributed by atoms with Crippen molar-refractivity contribution in [3.05, 3.63) is 35.9 Å². The molecule has 0 spiro atoms. The molecule has 1 aliphatic rings. The molecule has 0 radical (unpaired) electrons. The van der Waals surface area contributed by atoms with Gasteiger partial charge in [-0.1, -0.05) is 44.2 Å².